The fraction of sp³-hybridized carbons (Fsp3) is 0.526. The van der Waals surface area contributed by atoms with Crippen molar-refractivity contribution in [2.24, 2.45) is 0 Å². The second kappa shape index (κ2) is 8.14. The molecule has 1 aliphatic rings. The minimum Gasteiger partial charge on any atom is -0.344 e. The summed E-state index contributed by atoms with van der Waals surface area (Å²) in [6.45, 7) is 4.42. The number of carbonyl (C=O) groups is 3. The van der Waals surface area contributed by atoms with E-state index >= 15 is 0 Å². The highest BCUT2D eigenvalue weighted by molar-refractivity contribution is 6.09. The Bertz CT molecular complexity index is 632. The van der Waals surface area contributed by atoms with E-state index < -0.39 is 11.6 Å². The maximum absolute atomic E-state index is 13.1. The SMILES string of the molecule is CCCCN(C)C(=O)CN1C(=O)N[C@@](CCC)(c2ccccc2)C1=O. The van der Waals surface area contributed by atoms with Crippen molar-refractivity contribution in [1.29, 1.82) is 0 Å². The van der Waals surface area contributed by atoms with Crippen molar-refractivity contribution in [1.82, 2.24) is 15.1 Å². The molecular formula is C19H27N3O3. The minimum absolute atomic E-state index is 0.219. The predicted molar refractivity (Wildman–Crippen MR) is 95.8 cm³/mol. The second-order valence-electron chi connectivity index (χ2n) is 6.51. The third-order valence-corrected chi connectivity index (χ3v) is 4.63. The summed E-state index contributed by atoms with van der Waals surface area (Å²) in [5.74, 6) is -0.569. The Hall–Kier alpha value is -2.37. The summed E-state index contributed by atoms with van der Waals surface area (Å²) < 4.78 is 0. The summed E-state index contributed by atoms with van der Waals surface area (Å²) >= 11 is 0. The van der Waals surface area contributed by atoms with Gasteiger partial charge in [0, 0.05) is 13.6 Å². The number of amides is 4. The van der Waals surface area contributed by atoms with Gasteiger partial charge in [-0.05, 0) is 18.4 Å². The van der Waals surface area contributed by atoms with E-state index in [0.717, 1.165) is 29.7 Å². The molecule has 6 heteroatoms. The Kier molecular flexibility index (Phi) is 6.17. The quantitative estimate of drug-likeness (QED) is 0.736. The first-order valence-electron chi connectivity index (χ1n) is 8.89. The molecule has 0 saturated carbocycles. The standard InChI is InChI=1S/C19H27N3O3/c1-4-6-13-21(3)16(23)14-22-17(24)19(12-5-2,20-18(22)25)15-10-8-7-9-11-15/h7-11H,4-6,12-14H2,1-3H3,(H,20,25)/t19-/m0/s1. The van der Waals surface area contributed by atoms with Gasteiger partial charge in [0.25, 0.3) is 5.91 Å². The zero-order valence-electron chi connectivity index (χ0n) is 15.2. The van der Waals surface area contributed by atoms with Crippen LogP contribution in [0, 0.1) is 0 Å². The third-order valence-electron chi connectivity index (χ3n) is 4.63. The number of benzene rings is 1. The van der Waals surface area contributed by atoms with Crippen molar-refractivity contribution in [2.75, 3.05) is 20.1 Å². The average molecular weight is 345 g/mol. The number of nitrogens with one attached hydrogen (secondary N) is 1. The summed E-state index contributed by atoms with van der Waals surface area (Å²) in [6, 6.07) is 8.74. The number of hydrogen-bond acceptors (Lipinski definition) is 3. The first-order valence-corrected chi connectivity index (χ1v) is 8.89. The van der Waals surface area contributed by atoms with Gasteiger partial charge in [-0.1, -0.05) is 57.0 Å². The highest BCUT2D eigenvalue weighted by atomic mass is 16.2. The maximum Gasteiger partial charge on any atom is 0.325 e. The van der Waals surface area contributed by atoms with E-state index in [1.807, 2.05) is 37.3 Å². The van der Waals surface area contributed by atoms with E-state index in [4.69, 9.17) is 0 Å². The van der Waals surface area contributed by atoms with Gasteiger partial charge in [-0.3, -0.25) is 14.5 Å². The first-order chi connectivity index (χ1) is 12.0. The molecule has 0 spiro atoms. The fourth-order valence-corrected chi connectivity index (χ4v) is 3.15. The van der Waals surface area contributed by atoms with Gasteiger partial charge in [-0.15, -0.1) is 0 Å². The number of carbonyl (C=O) groups excluding carboxylic acids is 3. The summed E-state index contributed by atoms with van der Waals surface area (Å²) in [7, 11) is 1.70. The van der Waals surface area contributed by atoms with Crippen LogP contribution in [0.5, 0.6) is 0 Å². The highest BCUT2D eigenvalue weighted by Crippen LogP contribution is 2.33. The zero-order chi connectivity index (χ0) is 18.4. The third kappa shape index (κ3) is 3.83. The lowest BCUT2D eigenvalue weighted by molar-refractivity contribution is -0.138. The lowest BCUT2D eigenvalue weighted by atomic mass is 9.85. The van der Waals surface area contributed by atoms with Gasteiger partial charge < -0.3 is 10.2 Å². The van der Waals surface area contributed by atoms with Crippen molar-refractivity contribution in [3.8, 4) is 0 Å². The van der Waals surface area contributed by atoms with Gasteiger partial charge in [0.05, 0.1) is 0 Å². The van der Waals surface area contributed by atoms with E-state index in [1.54, 1.807) is 11.9 Å². The lowest BCUT2D eigenvalue weighted by Gasteiger charge is -2.27. The van der Waals surface area contributed by atoms with Gasteiger partial charge in [0.15, 0.2) is 0 Å². The highest BCUT2D eigenvalue weighted by Gasteiger charge is 2.52. The van der Waals surface area contributed by atoms with E-state index in [9.17, 15) is 14.4 Å². The Morgan fingerprint density at radius 2 is 1.84 bits per heavy atom. The van der Waals surface area contributed by atoms with Crippen LogP contribution < -0.4 is 5.32 Å². The van der Waals surface area contributed by atoms with Crippen molar-refractivity contribution in [3.05, 3.63) is 35.9 Å². The van der Waals surface area contributed by atoms with Crippen LogP contribution in [-0.2, 0) is 15.1 Å². The summed E-state index contributed by atoms with van der Waals surface area (Å²) in [5, 5.41) is 2.84. The van der Waals surface area contributed by atoms with Crippen LogP contribution in [-0.4, -0.2) is 47.8 Å². The zero-order valence-corrected chi connectivity index (χ0v) is 15.2. The number of imide groups is 1. The maximum atomic E-state index is 13.1. The Labute approximate surface area is 149 Å². The number of unbranched alkanes of at least 4 members (excludes halogenated alkanes) is 1. The number of rotatable bonds is 8. The molecule has 25 heavy (non-hydrogen) atoms. The summed E-state index contributed by atoms with van der Waals surface area (Å²) in [6.07, 6.45) is 3.11. The molecule has 1 aromatic carbocycles. The van der Waals surface area contributed by atoms with Crippen LogP contribution in [0.25, 0.3) is 0 Å². The van der Waals surface area contributed by atoms with Crippen LogP contribution in [0.15, 0.2) is 30.3 Å². The number of hydrogen-bond donors (Lipinski definition) is 1. The second-order valence-corrected chi connectivity index (χ2v) is 6.51. The molecule has 1 fully saturated rings. The molecule has 1 N–H and O–H groups in total. The minimum atomic E-state index is -1.07. The Morgan fingerprint density at radius 3 is 2.44 bits per heavy atom. The summed E-state index contributed by atoms with van der Waals surface area (Å²) in [5.41, 5.74) is -0.320. The molecule has 0 bridgehead atoms. The molecule has 1 saturated heterocycles. The molecule has 0 unspecified atom stereocenters. The Morgan fingerprint density at radius 1 is 1.16 bits per heavy atom. The molecule has 6 nitrogen and oxygen atoms in total. The summed E-state index contributed by atoms with van der Waals surface area (Å²) in [4.78, 5) is 40.5. The molecule has 2 rings (SSSR count). The van der Waals surface area contributed by atoms with Gasteiger partial charge in [-0.25, -0.2) is 4.79 Å². The fourth-order valence-electron chi connectivity index (χ4n) is 3.15. The van der Waals surface area contributed by atoms with Gasteiger partial charge in [0.2, 0.25) is 5.91 Å². The molecule has 1 aliphatic heterocycles. The predicted octanol–water partition coefficient (Wildman–Crippen LogP) is 2.49. The monoisotopic (exact) mass is 345 g/mol. The normalized spacial score (nSPS) is 19.9. The van der Waals surface area contributed by atoms with Crippen molar-refractivity contribution in [3.63, 3.8) is 0 Å². The molecule has 0 aliphatic carbocycles. The van der Waals surface area contributed by atoms with E-state index in [2.05, 4.69) is 12.2 Å². The van der Waals surface area contributed by atoms with Crippen molar-refractivity contribution in [2.45, 2.75) is 45.1 Å². The van der Waals surface area contributed by atoms with E-state index in [0.29, 0.717) is 13.0 Å². The molecule has 1 heterocycles. The van der Waals surface area contributed by atoms with Crippen LogP contribution in [0.4, 0.5) is 4.79 Å². The first kappa shape index (κ1) is 19.0. The molecular weight excluding hydrogens is 318 g/mol. The Balaban J connectivity index is 2.21. The molecule has 1 atom stereocenters. The molecule has 1 aromatic rings. The van der Waals surface area contributed by atoms with Crippen LogP contribution >= 0.6 is 0 Å². The van der Waals surface area contributed by atoms with E-state index in [1.165, 1.54) is 0 Å². The van der Waals surface area contributed by atoms with Crippen LogP contribution in [0.3, 0.4) is 0 Å². The average Bonchev–Trinajstić information content (AvgIpc) is 2.85. The molecule has 4 amide bonds. The van der Waals surface area contributed by atoms with Crippen molar-refractivity contribution >= 4 is 17.8 Å². The number of likely N-dealkylation sites (N-methyl/N-ethyl adjacent to an activating group) is 1. The van der Waals surface area contributed by atoms with Crippen LogP contribution in [0.1, 0.15) is 45.1 Å². The number of nitrogens with zero attached hydrogens (tertiary/aromatic N) is 2. The molecule has 0 aromatic heterocycles. The van der Waals surface area contributed by atoms with Gasteiger partial charge in [0.1, 0.15) is 12.1 Å². The largest absolute Gasteiger partial charge is 0.344 e. The van der Waals surface area contributed by atoms with Gasteiger partial charge in [-0.2, -0.15) is 0 Å². The topological polar surface area (TPSA) is 69.7 Å². The van der Waals surface area contributed by atoms with E-state index in [-0.39, 0.29) is 18.4 Å². The van der Waals surface area contributed by atoms with Gasteiger partial charge >= 0.3 is 6.03 Å². The smallest absolute Gasteiger partial charge is 0.325 e. The number of urea groups is 1. The lowest BCUT2D eigenvalue weighted by Crippen LogP contribution is -2.45. The molecule has 136 valence electrons. The van der Waals surface area contributed by atoms with Crippen molar-refractivity contribution < 1.29 is 14.4 Å². The van der Waals surface area contributed by atoms with Crippen LogP contribution in [0.2, 0.25) is 0 Å². The molecule has 0 radical (unpaired) electrons.